The van der Waals surface area contributed by atoms with Gasteiger partial charge in [0.05, 0.1) is 17.3 Å². The summed E-state index contributed by atoms with van der Waals surface area (Å²) in [6.07, 6.45) is 0.866. The third kappa shape index (κ3) is 2.71. The Morgan fingerprint density at radius 2 is 2.25 bits per heavy atom. The van der Waals surface area contributed by atoms with Crippen molar-refractivity contribution in [3.8, 4) is 6.07 Å². The van der Waals surface area contributed by atoms with Crippen LogP contribution in [0, 0.1) is 23.0 Å². The Hall–Kier alpha value is -2.07. The van der Waals surface area contributed by atoms with Crippen molar-refractivity contribution in [3.05, 3.63) is 34.9 Å². The zero-order valence-electron chi connectivity index (χ0n) is 7.87. The van der Waals surface area contributed by atoms with Crippen LogP contribution in [0.1, 0.15) is 11.1 Å². The molecule has 0 unspecified atom stereocenters. The highest BCUT2D eigenvalue weighted by atomic mass is 32.1. The minimum atomic E-state index is -0.976. The molecule has 1 aromatic carbocycles. The summed E-state index contributed by atoms with van der Waals surface area (Å²) in [5.74, 6) is -1.80. The molecule has 0 aromatic heterocycles. The summed E-state index contributed by atoms with van der Waals surface area (Å²) in [7, 11) is 0. The first-order chi connectivity index (χ1) is 7.56. The molecule has 0 spiro atoms. The zero-order chi connectivity index (χ0) is 12.1. The van der Waals surface area contributed by atoms with Gasteiger partial charge in [0, 0.05) is 0 Å². The van der Waals surface area contributed by atoms with Crippen LogP contribution >= 0.6 is 12.2 Å². The van der Waals surface area contributed by atoms with E-state index in [0.717, 1.165) is 18.3 Å². The first-order valence-electron chi connectivity index (χ1n) is 4.03. The summed E-state index contributed by atoms with van der Waals surface area (Å²) in [5.41, 5.74) is 6.51. The molecule has 0 atom stereocenters. The molecule has 0 saturated carbocycles. The fraction of sp³-hybridized carbons (Fsp3) is 0. The maximum Gasteiger partial charge on any atom is 0.184 e. The summed E-state index contributed by atoms with van der Waals surface area (Å²) in [6, 6.07) is 3.61. The topological polar surface area (TPSA) is 74.2 Å². The summed E-state index contributed by atoms with van der Waals surface area (Å²) in [4.78, 5) is 0. The van der Waals surface area contributed by atoms with Gasteiger partial charge in [0.2, 0.25) is 0 Å². The van der Waals surface area contributed by atoms with Crippen molar-refractivity contribution in [2.75, 3.05) is 0 Å². The summed E-state index contributed by atoms with van der Waals surface area (Å²) in [5, 5.41) is 11.8. The lowest BCUT2D eigenvalue weighted by atomic mass is 10.1. The van der Waals surface area contributed by atoms with Gasteiger partial charge in [-0.15, -0.1) is 0 Å². The number of hydrogen-bond donors (Lipinski definition) is 2. The number of nitriles is 1. The number of thiocarbonyl (C=S) groups is 1. The Labute approximate surface area is 95.4 Å². The van der Waals surface area contributed by atoms with Crippen LogP contribution in [0.2, 0.25) is 0 Å². The lowest BCUT2D eigenvalue weighted by Gasteiger charge is -2.00. The van der Waals surface area contributed by atoms with Crippen LogP contribution < -0.4 is 11.2 Å². The van der Waals surface area contributed by atoms with E-state index in [-0.39, 0.29) is 10.7 Å². The lowest BCUT2D eigenvalue weighted by molar-refractivity contribution is 0.577. The van der Waals surface area contributed by atoms with Gasteiger partial charge in [-0.2, -0.15) is 10.4 Å². The molecule has 0 fully saturated rings. The standard InChI is InChI=1S/C9H6F2N4S/c10-7-2-1-5(3-12)8(11)6(7)4-14-15-9(13)16/h1-2,4H,(H3,13,15,16). The van der Waals surface area contributed by atoms with E-state index in [1.165, 1.54) is 0 Å². The van der Waals surface area contributed by atoms with E-state index in [4.69, 9.17) is 11.0 Å². The van der Waals surface area contributed by atoms with E-state index < -0.39 is 17.2 Å². The Bertz CT molecular complexity index is 493. The Morgan fingerprint density at radius 1 is 1.56 bits per heavy atom. The summed E-state index contributed by atoms with van der Waals surface area (Å²) >= 11 is 4.44. The van der Waals surface area contributed by atoms with E-state index >= 15 is 0 Å². The van der Waals surface area contributed by atoms with Gasteiger partial charge in [-0.3, -0.25) is 5.43 Å². The number of benzene rings is 1. The van der Waals surface area contributed by atoms with Gasteiger partial charge >= 0.3 is 0 Å². The molecule has 1 rings (SSSR count). The largest absolute Gasteiger partial charge is 0.375 e. The minimum absolute atomic E-state index is 0.131. The van der Waals surface area contributed by atoms with Crippen LogP contribution in [0.3, 0.4) is 0 Å². The molecule has 0 saturated heterocycles. The fourth-order valence-corrected chi connectivity index (χ4v) is 0.987. The molecule has 7 heteroatoms. The maximum atomic E-state index is 13.4. The monoisotopic (exact) mass is 240 g/mol. The smallest absolute Gasteiger partial charge is 0.184 e. The predicted molar refractivity (Wildman–Crippen MR) is 58.6 cm³/mol. The Kier molecular flexibility index (Phi) is 3.85. The molecule has 0 bridgehead atoms. The number of hydrogen-bond acceptors (Lipinski definition) is 3. The fourth-order valence-electron chi connectivity index (χ4n) is 0.934. The van der Waals surface area contributed by atoms with Crippen LogP contribution in [0.25, 0.3) is 0 Å². The second-order valence-electron chi connectivity index (χ2n) is 2.67. The van der Waals surface area contributed by atoms with E-state index in [1.807, 2.05) is 0 Å². The number of nitrogens with zero attached hydrogens (tertiary/aromatic N) is 2. The third-order valence-corrected chi connectivity index (χ3v) is 1.71. The molecule has 0 aliphatic carbocycles. The molecule has 0 amide bonds. The average Bonchev–Trinajstić information content (AvgIpc) is 2.23. The highest BCUT2D eigenvalue weighted by Crippen LogP contribution is 2.14. The molecule has 82 valence electrons. The molecule has 4 nitrogen and oxygen atoms in total. The van der Waals surface area contributed by atoms with Gasteiger partial charge in [-0.25, -0.2) is 8.78 Å². The zero-order valence-corrected chi connectivity index (χ0v) is 8.68. The van der Waals surface area contributed by atoms with Crippen LogP contribution in [-0.2, 0) is 0 Å². The van der Waals surface area contributed by atoms with Crippen molar-refractivity contribution in [1.29, 1.82) is 5.26 Å². The minimum Gasteiger partial charge on any atom is -0.375 e. The van der Waals surface area contributed by atoms with Gasteiger partial charge in [0.25, 0.3) is 0 Å². The second kappa shape index (κ2) is 5.14. The number of hydrazone groups is 1. The van der Waals surface area contributed by atoms with Crippen LogP contribution in [0.5, 0.6) is 0 Å². The Balaban J connectivity index is 3.08. The van der Waals surface area contributed by atoms with Gasteiger partial charge in [0.1, 0.15) is 11.9 Å². The number of nitrogens with two attached hydrogens (primary N) is 1. The van der Waals surface area contributed by atoms with Crippen molar-refractivity contribution in [2.45, 2.75) is 0 Å². The molecule has 0 aliphatic rings. The van der Waals surface area contributed by atoms with Crippen molar-refractivity contribution < 1.29 is 8.78 Å². The third-order valence-electron chi connectivity index (χ3n) is 1.62. The highest BCUT2D eigenvalue weighted by Gasteiger charge is 2.11. The summed E-state index contributed by atoms with van der Waals surface area (Å²) < 4.78 is 26.6. The van der Waals surface area contributed by atoms with E-state index in [0.29, 0.717) is 0 Å². The van der Waals surface area contributed by atoms with Crippen LogP contribution in [0.4, 0.5) is 8.78 Å². The van der Waals surface area contributed by atoms with Gasteiger partial charge < -0.3 is 5.73 Å². The van der Waals surface area contributed by atoms with Crippen LogP contribution in [-0.4, -0.2) is 11.3 Å². The predicted octanol–water partition coefficient (Wildman–Crippen LogP) is 1.00. The van der Waals surface area contributed by atoms with Crippen molar-refractivity contribution in [2.24, 2.45) is 10.8 Å². The molecule has 0 radical (unpaired) electrons. The number of nitrogens with one attached hydrogen (secondary N) is 1. The first kappa shape index (κ1) is 12.0. The van der Waals surface area contributed by atoms with E-state index in [2.05, 4.69) is 22.7 Å². The quantitative estimate of drug-likeness (QED) is 0.459. The average molecular weight is 240 g/mol. The van der Waals surface area contributed by atoms with Crippen molar-refractivity contribution in [1.82, 2.24) is 5.43 Å². The molecule has 3 N–H and O–H groups in total. The van der Waals surface area contributed by atoms with Gasteiger partial charge in [-0.05, 0) is 24.4 Å². The maximum absolute atomic E-state index is 13.4. The molecule has 0 aliphatic heterocycles. The highest BCUT2D eigenvalue weighted by molar-refractivity contribution is 7.80. The SMILES string of the molecule is N#Cc1ccc(F)c(C=NNC(N)=S)c1F. The normalized spacial score (nSPS) is 10.1. The van der Waals surface area contributed by atoms with Crippen molar-refractivity contribution >= 4 is 23.5 Å². The molecule has 16 heavy (non-hydrogen) atoms. The molecular weight excluding hydrogens is 234 g/mol. The van der Waals surface area contributed by atoms with Crippen molar-refractivity contribution in [3.63, 3.8) is 0 Å². The number of rotatable bonds is 2. The first-order valence-corrected chi connectivity index (χ1v) is 4.43. The number of halogens is 2. The molecule has 0 heterocycles. The van der Waals surface area contributed by atoms with Gasteiger partial charge in [-0.1, -0.05) is 0 Å². The lowest BCUT2D eigenvalue weighted by Crippen LogP contribution is -2.24. The van der Waals surface area contributed by atoms with E-state index in [1.54, 1.807) is 6.07 Å². The molecule has 1 aromatic rings. The molecular formula is C9H6F2N4S. The van der Waals surface area contributed by atoms with Crippen LogP contribution in [0.15, 0.2) is 17.2 Å². The second-order valence-corrected chi connectivity index (χ2v) is 3.11. The Morgan fingerprint density at radius 3 is 2.81 bits per heavy atom. The van der Waals surface area contributed by atoms with E-state index in [9.17, 15) is 8.78 Å². The summed E-state index contributed by atoms with van der Waals surface area (Å²) in [6.45, 7) is 0. The van der Waals surface area contributed by atoms with Gasteiger partial charge in [0.15, 0.2) is 10.9 Å².